The monoisotopic (exact) mass is 286 g/mol. The number of carboxylic acids is 1. The third-order valence-electron chi connectivity index (χ3n) is 2.52. The van der Waals surface area contributed by atoms with Gasteiger partial charge in [0.15, 0.2) is 5.54 Å². The third-order valence-corrected chi connectivity index (χ3v) is 2.89. The van der Waals surface area contributed by atoms with Gasteiger partial charge in [-0.25, -0.2) is 9.59 Å². The lowest BCUT2D eigenvalue weighted by Gasteiger charge is -2.24. The molecule has 1 atom stereocenters. The van der Waals surface area contributed by atoms with Gasteiger partial charge >= 0.3 is 12.0 Å². The van der Waals surface area contributed by atoms with Gasteiger partial charge in [-0.05, 0) is 31.6 Å². The highest BCUT2D eigenvalue weighted by atomic mass is 35.5. The van der Waals surface area contributed by atoms with E-state index in [0.717, 1.165) is 5.57 Å². The van der Waals surface area contributed by atoms with Crippen LogP contribution in [0.4, 0.5) is 4.79 Å². The summed E-state index contributed by atoms with van der Waals surface area (Å²) >= 11 is 5.46. The van der Waals surface area contributed by atoms with Gasteiger partial charge in [0.2, 0.25) is 0 Å². The van der Waals surface area contributed by atoms with Crippen molar-refractivity contribution in [2.24, 2.45) is 0 Å². The van der Waals surface area contributed by atoms with Crippen LogP contribution in [0.5, 0.6) is 0 Å². The fourth-order valence-electron chi connectivity index (χ4n) is 1.31. The summed E-state index contributed by atoms with van der Waals surface area (Å²) in [7, 11) is 0. The van der Waals surface area contributed by atoms with Gasteiger partial charge in [0.25, 0.3) is 0 Å². The van der Waals surface area contributed by atoms with Crippen LogP contribution in [0.2, 0.25) is 0 Å². The van der Waals surface area contributed by atoms with Crippen LogP contribution in [0.25, 0.3) is 0 Å². The highest BCUT2D eigenvalue weighted by molar-refractivity contribution is 6.25. The van der Waals surface area contributed by atoms with Crippen LogP contribution >= 0.6 is 11.6 Å². The standard InChI is InChI=1S/C12H15ClN2O4/c1-8(6-13)7-14-11(18)15-12(2,10(16)17)9-4-3-5-19-9/h3-6H,7H2,1-2H3,(H,16,17)(H2,14,15,18)/b8-6-. The molecular formula is C12H15ClN2O4. The Bertz CT molecular complexity index is 484. The van der Waals surface area contributed by atoms with E-state index in [4.69, 9.17) is 16.0 Å². The molecule has 0 saturated carbocycles. The molecule has 1 aromatic heterocycles. The lowest BCUT2D eigenvalue weighted by molar-refractivity contribution is -0.144. The first kappa shape index (κ1) is 15.1. The maximum Gasteiger partial charge on any atom is 0.337 e. The van der Waals surface area contributed by atoms with Crippen LogP contribution in [0.3, 0.4) is 0 Å². The van der Waals surface area contributed by atoms with Crippen LogP contribution < -0.4 is 10.6 Å². The zero-order chi connectivity index (χ0) is 14.5. The first-order chi connectivity index (χ1) is 8.90. The van der Waals surface area contributed by atoms with Crippen molar-refractivity contribution in [3.05, 3.63) is 35.3 Å². The first-order valence-electron chi connectivity index (χ1n) is 5.49. The van der Waals surface area contributed by atoms with E-state index in [1.165, 1.54) is 24.8 Å². The van der Waals surface area contributed by atoms with Crippen molar-refractivity contribution >= 4 is 23.6 Å². The summed E-state index contributed by atoms with van der Waals surface area (Å²) in [6.45, 7) is 3.30. The zero-order valence-corrected chi connectivity index (χ0v) is 11.3. The van der Waals surface area contributed by atoms with E-state index in [1.807, 2.05) is 0 Å². The minimum atomic E-state index is -1.63. The molecule has 19 heavy (non-hydrogen) atoms. The average Bonchev–Trinajstić information content (AvgIpc) is 2.89. The fraction of sp³-hybridized carbons (Fsp3) is 0.333. The number of halogens is 1. The first-order valence-corrected chi connectivity index (χ1v) is 5.93. The summed E-state index contributed by atoms with van der Waals surface area (Å²) < 4.78 is 5.05. The predicted molar refractivity (Wildman–Crippen MR) is 69.8 cm³/mol. The van der Waals surface area contributed by atoms with Crippen LogP contribution in [-0.4, -0.2) is 23.7 Å². The number of carbonyl (C=O) groups is 2. The van der Waals surface area contributed by atoms with Gasteiger partial charge in [-0.15, -0.1) is 0 Å². The second kappa shape index (κ2) is 6.29. The smallest absolute Gasteiger partial charge is 0.337 e. The minimum Gasteiger partial charge on any atom is -0.479 e. The largest absolute Gasteiger partial charge is 0.479 e. The number of urea groups is 1. The number of carboxylic acid groups (broad SMARTS) is 1. The predicted octanol–water partition coefficient (Wildman–Crippen LogP) is 2.02. The zero-order valence-electron chi connectivity index (χ0n) is 10.6. The Balaban J connectivity index is 2.75. The summed E-state index contributed by atoms with van der Waals surface area (Å²) in [6.07, 6.45) is 1.34. The summed E-state index contributed by atoms with van der Waals surface area (Å²) in [6, 6.07) is 2.41. The minimum absolute atomic E-state index is 0.139. The number of hydrogen-bond donors (Lipinski definition) is 3. The molecule has 2 amide bonds. The molecule has 0 aliphatic carbocycles. The fourth-order valence-corrected chi connectivity index (χ4v) is 1.39. The van der Waals surface area contributed by atoms with Gasteiger partial charge in [0, 0.05) is 12.1 Å². The Morgan fingerprint density at radius 2 is 2.26 bits per heavy atom. The number of nitrogens with one attached hydrogen (secondary N) is 2. The van der Waals surface area contributed by atoms with Crippen molar-refractivity contribution < 1.29 is 19.1 Å². The lowest BCUT2D eigenvalue weighted by atomic mass is 9.99. The number of furan rings is 1. The third kappa shape index (κ3) is 3.75. The summed E-state index contributed by atoms with van der Waals surface area (Å²) in [4.78, 5) is 23.0. The number of amides is 2. The number of aliphatic carboxylic acids is 1. The molecular weight excluding hydrogens is 272 g/mol. The van der Waals surface area contributed by atoms with Crippen molar-refractivity contribution in [1.82, 2.24) is 10.6 Å². The summed E-state index contributed by atoms with van der Waals surface area (Å²) in [5, 5.41) is 14.1. The summed E-state index contributed by atoms with van der Waals surface area (Å²) in [5.41, 5.74) is 0.446. The molecule has 1 unspecified atom stereocenters. The summed E-state index contributed by atoms with van der Waals surface area (Å²) in [5.74, 6) is -1.08. The van der Waals surface area contributed by atoms with E-state index in [1.54, 1.807) is 13.0 Å². The van der Waals surface area contributed by atoms with Gasteiger partial charge in [-0.1, -0.05) is 11.6 Å². The van der Waals surface area contributed by atoms with E-state index in [9.17, 15) is 14.7 Å². The van der Waals surface area contributed by atoms with Crippen molar-refractivity contribution in [3.63, 3.8) is 0 Å². The lowest BCUT2D eigenvalue weighted by Crippen LogP contribution is -2.52. The Morgan fingerprint density at radius 3 is 2.74 bits per heavy atom. The second-order valence-electron chi connectivity index (χ2n) is 4.17. The highest BCUT2D eigenvalue weighted by Crippen LogP contribution is 2.21. The van der Waals surface area contributed by atoms with Crippen LogP contribution in [0.1, 0.15) is 19.6 Å². The Hall–Kier alpha value is -1.95. The van der Waals surface area contributed by atoms with Gasteiger partial charge in [-0.2, -0.15) is 0 Å². The van der Waals surface area contributed by atoms with E-state index in [2.05, 4.69) is 10.6 Å². The van der Waals surface area contributed by atoms with Crippen molar-refractivity contribution in [3.8, 4) is 0 Å². The van der Waals surface area contributed by atoms with Crippen molar-refractivity contribution in [2.75, 3.05) is 6.54 Å². The molecule has 104 valence electrons. The van der Waals surface area contributed by atoms with Crippen molar-refractivity contribution in [2.45, 2.75) is 19.4 Å². The van der Waals surface area contributed by atoms with Crippen LogP contribution in [0, 0.1) is 0 Å². The van der Waals surface area contributed by atoms with E-state index in [-0.39, 0.29) is 12.3 Å². The molecule has 1 aromatic rings. The molecule has 0 fully saturated rings. The van der Waals surface area contributed by atoms with Gasteiger partial charge < -0.3 is 20.2 Å². The SMILES string of the molecule is C/C(=C/Cl)CNC(=O)NC(C)(C(=O)O)c1ccco1. The average molecular weight is 287 g/mol. The molecule has 0 aromatic carbocycles. The van der Waals surface area contributed by atoms with Gasteiger partial charge in [-0.3, -0.25) is 0 Å². The molecule has 0 bridgehead atoms. The van der Waals surface area contributed by atoms with Gasteiger partial charge in [0.1, 0.15) is 5.76 Å². The van der Waals surface area contributed by atoms with Gasteiger partial charge in [0.05, 0.1) is 6.26 Å². The maximum atomic E-state index is 11.7. The molecule has 1 heterocycles. The number of hydrogen-bond acceptors (Lipinski definition) is 3. The molecule has 0 aliphatic heterocycles. The Kier molecular flexibility index (Phi) is 5.00. The van der Waals surface area contributed by atoms with E-state index < -0.39 is 17.5 Å². The molecule has 7 heteroatoms. The molecule has 6 nitrogen and oxygen atoms in total. The van der Waals surface area contributed by atoms with E-state index in [0.29, 0.717) is 0 Å². The van der Waals surface area contributed by atoms with Crippen molar-refractivity contribution in [1.29, 1.82) is 0 Å². The Morgan fingerprint density at radius 1 is 1.58 bits per heavy atom. The maximum absolute atomic E-state index is 11.7. The molecule has 0 radical (unpaired) electrons. The van der Waals surface area contributed by atoms with Crippen LogP contribution in [0.15, 0.2) is 33.9 Å². The topological polar surface area (TPSA) is 91.6 Å². The molecule has 3 N–H and O–H groups in total. The Labute approximate surface area is 115 Å². The molecule has 0 aliphatic rings. The molecule has 1 rings (SSSR count). The number of carbonyl (C=O) groups excluding carboxylic acids is 1. The highest BCUT2D eigenvalue weighted by Gasteiger charge is 2.39. The normalized spacial score (nSPS) is 14.6. The quantitative estimate of drug-likeness (QED) is 0.772. The molecule has 0 saturated heterocycles. The number of rotatable bonds is 5. The molecule has 0 spiro atoms. The van der Waals surface area contributed by atoms with Crippen LogP contribution in [-0.2, 0) is 10.3 Å². The van der Waals surface area contributed by atoms with E-state index >= 15 is 0 Å². The second-order valence-corrected chi connectivity index (χ2v) is 4.39.